The normalized spacial score (nSPS) is 11.2. The number of rotatable bonds is 10. The lowest BCUT2D eigenvalue weighted by Crippen LogP contribution is -2.37. The molecule has 0 unspecified atom stereocenters. The summed E-state index contributed by atoms with van der Waals surface area (Å²) in [6.07, 6.45) is 0.844. The van der Waals surface area contributed by atoms with Crippen LogP contribution in [0, 0.1) is 0 Å². The summed E-state index contributed by atoms with van der Waals surface area (Å²) in [5.41, 5.74) is 1.03. The van der Waals surface area contributed by atoms with E-state index in [0.29, 0.717) is 18.9 Å². The van der Waals surface area contributed by atoms with E-state index >= 15 is 0 Å². The highest BCUT2D eigenvalue weighted by Gasteiger charge is 2.06. The van der Waals surface area contributed by atoms with Crippen LogP contribution in [-0.2, 0) is 11.3 Å². The molecule has 33 heavy (non-hydrogen) atoms. The van der Waals surface area contributed by atoms with Crippen LogP contribution in [0.15, 0.2) is 71.7 Å². The Bertz CT molecular complexity index is 1080. The van der Waals surface area contributed by atoms with Crippen molar-refractivity contribution in [3.63, 3.8) is 0 Å². The molecule has 0 fully saturated rings. The summed E-state index contributed by atoms with van der Waals surface area (Å²) in [5, 5.41) is 8.98. The third-order valence-corrected chi connectivity index (χ3v) is 5.05. The van der Waals surface area contributed by atoms with E-state index in [0.717, 1.165) is 30.2 Å². The average molecular weight is 449 g/mol. The van der Waals surface area contributed by atoms with Crippen molar-refractivity contribution in [3.8, 4) is 11.5 Å². The number of hydrogen-bond acceptors (Lipinski definition) is 4. The predicted octanol–water partition coefficient (Wildman–Crippen LogP) is 3.44. The summed E-state index contributed by atoms with van der Waals surface area (Å²) >= 11 is 0. The Hall–Kier alpha value is -3.74. The average Bonchev–Trinajstić information content (AvgIpc) is 2.84. The van der Waals surface area contributed by atoms with Crippen LogP contribution in [-0.4, -0.2) is 57.7 Å². The molecule has 174 valence electrons. The Morgan fingerprint density at radius 3 is 2.48 bits per heavy atom. The van der Waals surface area contributed by atoms with Gasteiger partial charge in [-0.2, -0.15) is 0 Å². The molecule has 7 heteroatoms. The first-order chi connectivity index (χ1) is 16.0. The summed E-state index contributed by atoms with van der Waals surface area (Å²) in [7, 11) is 5.16. The lowest BCUT2D eigenvalue weighted by atomic mass is 10.1. The second kappa shape index (κ2) is 12.3. The van der Waals surface area contributed by atoms with Gasteiger partial charge in [0.1, 0.15) is 11.5 Å². The van der Waals surface area contributed by atoms with Crippen LogP contribution >= 0.6 is 0 Å². The van der Waals surface area contributed by atoms with E-state index in [4.69, 9.17) is 9.47 Å². The number of guanidine groups is 1. The molecule has 0 atom stereocenters. The van der Waals surface area contributed by atoms with Crippen molar-refractivity contribution >= 4 is 22.6 Å². The van der Waals surface area contributed by atoms with E-state index in [-0.39, 0.29) is 12.5 Å². The van der Waals surface area contributed by atoms with Gasteiger partial charge in [-0.05, 0) is 47.0 Å². The number of nitrogens with one attached hydrogen (secondary N) is 2. The molecular weight excluding hydrogens is 416 g/mol. The lowest BCUT2D eigenvalue weighted by molar-refractivity contribution is -0.130. The quantitative estimate of drug-likeness (QED) is 0.282. The van der Waals surface area contributed by atoms with Gasteiger partial charge in [-0.1, -0.05) is 42.5 Å². The Labute approximate surface area is 195 Å². The van der Waals surface area contributed by atoms with Crippen LogP contribution in [0.2, 0.25) is 0 Å². The van der Waals surface area contributed by atoms with E-state index in [1.54, 1.807) is 21.1 Å². The van der Waals surface area contributed by atoms with Gasteiger partial charge in [0.15, 0.2) is 12.6 Å². The van der Waals surface area contributed by atoms with Crippen LogP contribution in [0.3, 0.4) is 0 Å². The number of fused-ring (bicyclic) bond motifs is 1. The first-order valence-corrected chi connectivity index (χ1v) is 11.0. The Morgan fingerprint density at radius 2 is 1.70 bits per heavy atom. The number of ether oxygens (including phenoxy) is 2. The number of amides is 1. The van der Waals surface area contributed by atoms with Crippen molar-refractivity contribution < 1.29 is 14.3 Å². The van der Waals surface area contributed by atoms with Crippen molar-refractivity contribution in [2.24, 2.45) is 4.99 Å². The highest BCUT2D eigenvalue weighted by atomic mass is 16.5. The number of nitrogens with zero attached hydrogens (tertiary/aromatic N) is 2. The van der Waals surface area contributed by atoms with Crippen molar-refractivity contribution in [2.45, 2.75) is 13.0 Å². The molecule has 0 aromatic heterocycles. The monoisotopic (exact) mass is 448 g/mol. The largest absolute Gasteiger partial charge is 0.494 e. The highest BCUT2D eigenvalue weighted by molar-refractivity contribution is 5.83. The van der Waals surface area contributed by atoms with Crippen LogP contribution in [0.4, 0.5) is 0 Å². The Morgan fingerprint density at radius 1 is 0.909 bits per heavy atom. The standard InChI is InChI=1S/C26H32N4O3/c1-27-26(29-18-20-8-6-11-23(16-20)33-19-25(31)30(2)3)28-14-7-15-32-24-13-12-21-9-4-5-10-22(21)17-24/h4-6,8-13,16-17H,7,14-15,18-19H2,1-3H3,(H2,27,28,29). The third kappa shape index (κ3) is 7.71. The number of aliphatic imine (C=N–C) groups is 1. The first-order valence-electron chi connectivity index (χ1n) is 11.0. The molecule has 0 saturated carbocycles. The molecule has 0 heterocycles. The fourth-order valence-electron chi connectivity index (χ4n) is 3.15. The van der Waals surface area contributed by atoms with Gasteiger partial charge in [0.05, 0.1) is 6.61 Å². The van der Waals surface area contributed by atoms with Crippen molar-refractivity contribution in [3.05, 3.63) is 72.3 Å². The molecule has 0 aliphatic rings. The third-order valence-electron chi connectivity index (χ3n) is 5.05. The molecule has 0 bridgehead atoms. The van der Waals surface area contributed by atoms with Gasteiger partial charge >= 0.3 is 0 Å². The number of hydrogen-bond donors (Lipinski definition) is 2. The van der Waals surface area contributed by atoms with Gasteiger partial charge in [0.25, 0.3) is 5.91 Å². The maximum atomic E-state index is 11.7. The number of benzene rings is 3. The number of likely N-dealkylation sites (N-methyl/N-ethyl adjacent to an activating group) is 1. The minimum absolute atomic E-state index is 0.0222. The van der Waals surface area contributed by atoms with E-state index in [1.165, 1.54) is 15.7 Å². The summed E-state index contributed by atoms with van der Waals surface area (Å²) in [5.74, 6) is 2.19. The zero-order chi connectivity index (χ0) is 23.5. The molecule has 3 rings (SSSR count). The minimum atomic E-state index is -0.0762. The van der Waals surface area contributed by atoms with E-state index in [2.05, 4.69) is 39.9 Å². The van der Waals surface area contributed by atoms with Gasteiger partial charge in [0, 0.05) is 34.2 Å². The number of carbonyl (C=O) groups excluding carboxylic acids is 1. The van der Waals surface area contributed by atoms with E-state index in [1.807, 2.05) is 42.5 Å². The highest BCUT2D eigenvalue weighted by Crippen LogP contribution is 2.20. The van der Waals surface area contributed by atoms with E-state index < -0.39 is 0 Å². The molecule has 3 aromatic rings. The molecule has 0 spiro atoms. The smallest absolute Gasteiger partial charge is 0.259 e. The van der Waals surface area contributed by atoms with Crippen LogP contribution in [0.25, 0.3) is 10.8 Å². The molecule has 2 N–H and O–H groups in total. The molecule has 0 saturated heterocycles. The van der Waals surface area contributed by atoms with Crippen LogP contribution < -0.4 is 20.1 Å². The summed E-state index contributed by atoms with van der Waals surface area (Å²) in [6, 6.07) is 22.1. The Balaban J connectivity index is 1.37. The molecule has 1 amide bonds. The maximum absolute atomic E-state index is 11.7. The minimum Gasteiger partial charge on any atom is -0.494 e. The summed E-state index contributed by atoms with van der Waals surface area (Å²) in [6.45, 7) is 1.97. The maximum Gasteiger partial charge on any atom is 0.259 e. The zero-order valence-electron chi connectivity index (χ0n) is 19.5. The van der Waals surface area contributed by atoms with Gasteiger partial charge in [-0.15, -0.1) is 0 Å². The molecule has 0 aliphatic carbocycles. The molecule has 7 nitrogen and oxygen atoms in total. The zero-order valence-corrected chi connectivity index (χ0v) is 19.5. The lowest BCUT2D eigenvalue weighted by Gasteiger charge is -2.14. The Kier molecular flexibility index (Phi) is 8.94. The van der Waals surface area contributed by atoms with Gasteiger partial charge in [0.2, 0.25) is 0 Å². The number of carbonyl (C=O) groups is 1. The fourth-order valence-corrected chi connectivity index (χ4v) is 3.15. The topological polar surface area (TPSA) is 75.2 Å². The van der Waals surface area contributed by atoms with Gasteiger partial charge in [-0.3, -0.25) is 9.79 Å². The van der Waals surface area contributed by atoms with Crippen molar-refractivity contribution in [2.75, 3.05) is 40.9 Å². The van der Waals surface area contributed by atoms with Crippen LogP contribution in [0.1, 0.15) is 12.0 Å². The summed E-state index contributed by atoms with van der Waals surface area (Å²) < 4.78 is 11.5. The molecular formula is C26H32N4O3. The molecule has 0 radical (unpaired) electrons. The summed E-state index contributed by atoms with van der Waals surface area (Å²) in [4.78, 5) is 17.5. The van der Waals surface area contributed by atoms with Gasteiger partial charge in [-0.25, -0.2) is 0 Å². The second-order valence-corrected chi connectivity index (χ2v) is 7.79. The fraction of sp³-hybridized carbons (Fsp3) is 0.308. The second-order valence-electron chi connectivity index (χ2n) is 7.79. The van der Waals surface area contributed by atoms with E-state index in [9.17, 15) is 4.79 Å². The SMILES string of the molecule is CN=C(NCCCOc1ccc2ccccc2c1)NCc1cccc(OCC(=O)N(C)C)c1. The van der Waals surface area contributed by atoms with Crippen molar-refractivity contribution in [1.29, 1.82) is 0 Å². The molecule has 3 aromatic carbocycles. The molecule has 0 aliphatic heterocycles. The van der Waals surface area contributed by atoms with Crippen molar-refractivity contribution in [1.82, 2.24) is 15.5 Å². The first kappa shape index (κ1) is 23.9. The predicted molar refractivity (Wildman–Crippen MR) is 133 cm³/mol. The van der Waals surface area contributed by atoms with Crippen LogP contribution in [0.5, 0.6) is 11.5 Å². The van der Waals surface area contributed by atoms with Gasteiger partial charge < -0.3 is 25.0 Å².